The van der Waals surface area contributed by atoms with Crippen LogP contribution in [0.1, 0.15) is 12.5 Å². The topological polar surface area (TPSA) is 55.8 Å². The molecule has 0 atom stereocenters. The maximum Gasteiger partial charge on any atom is 0.336 e. The van der Waals surface area contributed by atoms with Gasteiger partial charge in [0.25, 0.3) is 0 Å². The SMILES string of the molecule is C=C(COc1ccc(CO)cc1)C(=O)OCC. The smallest absolute Gasteiger partial charge is 0.336 e. The molecule has 0 unspecified atom stereocenters. The molecule has 0 spiro atoms. The van der Waals surface area contributed by atoms with Gasteiger partial charge < -0.3 is 14.6 Å². The number of carbonyl (C=O) groups excluding carboxylic acids is 1. The van der Waals surface area contributed by atoms with Gasteiger partial charge >= 0.3 is 5.97 Å². The predicted molar refractivity (Wildman–Crippen MR) is 63.6 cm³/mol. The third-order valence-corrected chi connectivity index (χ3v) is 2.08. The van der Waals surface area contributed by atoms with E-state index >= 15 is 0 Å². The molecule has 0 aromatic heterocycles. The number of aliphatic hydroxyl groups is 1. The second-order valence-electron chi connectivity index (χ2n) is 3.41. The second-order valence-corrected chi connectivity index (χ2v) is 3.41. The van der Waals surface area contributed by atoms with Gasteiger partial charge in [-0.3, -0.25) is 0 Å². The fraction of sp³-hybridized carbons (Fsp3) is 0.308. The molecule has 92 valence electrons. The van der Waals surface area contributed by atoms with Crippen molar-refractivity contribution in [3.8, 4) is 5.75 Å². The average Bonchev–Trinajstić information content (AvgIpc) is 2.36. The molecule has 0 heterocycles. The van der Waals surface area contributed by atoms with E-state index in [1.807, 2.05) is 0 Å². The maximum atomic E-state index is 11.2. The summed E-state index contributed by atoms with van der Waals surface area (Å²) in [5.74, 6) is 0.173. The molecule has 0 saturated carbocycles. The van der Waals surface area contributed by atoms with Gasteiger partial charge in [0, 0.05) is 0 Å². The molecule has 17 heavy (non-hydrogen) atoms. The van der Waals surface area contributed by atoms with Crippen LogP contribution in [0.15, 0.2) is 36.4 Å². The quantitative estimate of drug-likeness (QED) is 0.603. The second kappa shape index (κ2) is 6.70. The minimum absolute atomic E-state index is 0.00415. The molecule has 4 heteroatoms. The van der Waals surface area contributed by atoms with Gasteiger partial charge in [-0.15, -0.1) is 0 Å². The Hall–Kier alpha value is -1.81. The van der Waals surface area contributed by atoms with E-state index < -0.39 is 5.97 Å². The molecule has 0 aliphatic heterocycles. The molecule has 0 radical (unpaired) electrons. The number of ether oxygens (including phenoxy) is 2. The summed E-state index contributed by atoms with van der Waals surface area (Å²) in [5.41, 5.74) is 1.08. The van der Waals surface area contributed by atoms with Crippen LogP contribution >= 0.6 is 0 Å². The predicted octanol–water partition coefficient (Wildman–Crippen LogP) is 1.68. The van der Waals surface area contributed by atoms with E-state index in [2.05, 4.69) is 6.58 Å². The summed E-state index contributed by atoms with van der Waals surface area (Å²) in [6.07, 6.45) is 0. The largest absolute Gasteiger partial charge is 0.489 e. The lowest BCUT2D eigenvalue weighted by molar-refractivity contribution is -0.138. The molecule has 0 amide bonds. The highest BCUT2D eigenvalue weighted by molar-refractivity contribution is 5.88. The molecule has 0 saturated heterocycles. The maximum absolute atomic E-state index is 11.2. The van der Waals surface area contributed by atoms with Crippen molar-refractivity contribution in [2.75, 3.05) is 13.2 Å². The van der Waals surface area contributed by atoms with Crippen LogP contribution in [0.3, 0.4) is 0 Å². The first-order valence-electron chi connectivity index (χ1n) is 5.35. The Bertz CT molecular complexity index is 381. The highest BCUT2D eigenvalue weighted by Crippen LogP contribution is 2.13. The summed E-state index contributed by atoms with van der Waals surface area (Å²) in [5, 5.41) is 8.86. The molecular formula is C13H16O4. The van der Waals surface area contributed by atoms with Crippen molar-refractivity contribution >= 4 is 5.97 Å². The number of hydrogen-bond acceptors (Lipinski definition) is 4. The van der Waals surface area contributed by atoms with Crippen LogP contribution in [0.2, 0.25) is 0 Å². The molecular weight excluding hydrogens is 220 g/mol. The van der Waals surface area contributed by atoms with Crippen LogP contribution < -0.4 is 4.74 Å². The first kappa shape index (κ1) is 13.3. The van der Waals surface area contributed by atoms with E-state index in [-0.39, 0.29) is 18.8 Å². The van der Waals surface area contributed by atoms with Gasteiger partial charge in [-0.1, -0.05) is 18.7 Å². The van der Waals surface area contributed by atoms with Crippen LogP contribution in [-0.4, -0.2) is 24.3 Å². The van der Waals surface area contributed by atoms with Crippen molar-refractivity contribution in [3.63, 3.8) is 0 Å². The number of hydrogen-bond donors (Lipinski definition) is 1. The summed E-state index contributed by atoms with van der Waals surface area (Å²) in [6, 6.07) is 6.96. The normalized spacial score (nSPS) is 9.76. The molecule has 1 N–H and O–H groups in total. The lowest BCUT2D eigenvalue weighted by Gasteiger charge is -2.08. The Morgan fingerprint density at radius 1 is 1.35 bits per heavy atom. The number of benzene rings is 1. The van der Waals surface area contributed by atoms with Crippen LogP contribution in [0.25, 0.3) is 0 Å². The number of esters is 1. The van der Waals surface area contributed by atoms with Crippen molar-refractivity contribution in [1.29, 1.82) is 0 Å². The molecule has 4 nitrogen and oxygen atoms in total. The Morgan fingerprint density at radius 2 is 2.00 bits per heavy atom. The fourth-order valence-electron chi connectivity index (χ4n) is 1.15. The molecule has 0 aliphatic rings. The summed E-state index contributed by atoms with van der Waals surface area (Å²) in [4.78, 5) is 11.2. The molecule has 1 aromatic carbocycles. The van der Waals surface area contributed by atoms with Crippen molar-refractivity contribution in [2.24, 2.45) is 0 Å². The van der Waals surface area contributed by atoms with Gasteiger partial charge in [-0.2, -0.15) is 0 Å². The first-order valence-corrected chi connectivity index (χ1v) is 5.35. The van der Waals surface area contributed by atoms with E-state index in [4.69, 9.17) is 14.6 Å². The van der Waals surface area contributed by atoms with Gasteiger partial charge in [0.1, 0.15) is 12.4 Å². The summed E-state index contributed by atoms with van der Waals surface area (Å²) in [6.45, 7) is 5.73. The standard InChI is InChI=1S/C13H16O4/c1-3-16-13(15)10(2)9-17-12-6-4-11(8-14)5-7-12/h4-7,14H,2-3,8-9H2,1H3. The van der Waals surface area contributed by atoms with Crippen molar-refractivity contribution in [2.45, 2.75) is 13.5 Å². The van der Waals surface area contributed by atoms with E-state index in [0.717, 1.165) is 5.56 Å². The lowest BCUT2D eigenvalue weighted by atomic mass is 10.2. The van der Waals surface area contributed by atoms with E-state index in [9.17, 15) is 4.79 Å². The number of aliphatic hydroxyl groups excluding tert-OH is 1. The van der Waals surface area contributed by atoms with Gasteiger partial charge in [-0.25, -0.2) is 4.79 Å². The first-order chi connectivity index (χ1) is 8.17. The third kappa shape index (κ3) is 4.28. The monoisotopic (exact) mass is 236 g/mol. The number of carbonyl (C=O) groups is 1. The Labute approximate surface area is 100 Å². The molecule has 0 bridgehead atoms. The van der Waals surface area contributed by atoms with Crippen LogP contribution in [0, 0.1) is 0 Å². The van der Waals surface area contributed by atoms with Crippen LogP contribution in [0.4, 0.5) is 0 Å². The molecule has 0 aliphatic carbocycles. The molecule has 1 aromatic rings. The van der Waals surface area contributed by atoms with Crippen LogP contribution in [-0.2, 0) is 16.1 Å². The Balaban J connectivity index is 2.44. The zero-order valence-corrected chi connectivity index (χ0v) is 9.81. The van der Waals surface area contributed by atoms with Crippen LogP contribution in [0.5, 0.6) is 5.75 Å². The van der Waals surface area contributed by atoms with Gasteiger partial charge in [0.2, 0.25) is 0 Å². The van der Waals surface area contributed by atoms with Gasteiger partial charge in [0.15, 0.2) is 0 Å². The average molecular weight is 236 g/mol. The minimum Gasteiger partial charge on any atom is -0.489 e. The molecule has 1 rings (SSSR count). The zero-order chi connectivity index (χ0) is 12.7. The van der Waals surface area contributed by atoms with E-state index in [0.29, 0.717) is 12.4 Å². The summed E-state index contributed by atoms with van der Waals surface area (Å²) in [7, 11) is 0. The minimum atomic E-state index is -0.445. The third-order valence-electron chi connectivity index (χ3n) is 2.08. The highest BCUT2D eigenvalue weighted by Gasteiger charge is 2.08. The lowest BCUT2D eigenvalue weighted by Crippen LogP contribution is -2.13. The Kier molecular flexibility index (Phi) is 5.23. The van der Waals surface area contributed by atoms with Crippen molar-refractivity contribution < 1.29 is 19.4 Å². The number of rotatable bonds is 6. The summed E-state index contributed by atoms with van der Waals surface area (Å²) < 4.78 is 10.1. The van der Waals surface area contributed by atoms with Crippen molar-refractivity contribution in [1.82, 2.24) is 0 Å². The van der Waals surface area contributed by atoms with Gasteiger partial charge in [0.05, 0.1) is 18.8 Å². The molecule has 0 fully saturated rings. The van der Waals surface area contributed by atoms with Crippen molar-refractivity contribution in [3.05, 3.63) is 42.0 Å². The highest BCUT2D eigenvalue weighted by atomic mass is 16.5. The van der Waals surface area contributed by atoms with E-state index in [1.54, 1.807) is 31.2 Å². The zero-order valence-electron chi connectivity index (χ0n) is 9.81. The fourth-order valence-corrected chi connectivity index (χ4v) is 1.15. The van der Waals surface area contributed by atoms with Gasteiger partial charge in [-0.05, 0) is 24.6 Å². The summed E-state index contributed by atoms with van der Waals surface area (Å²) >= 11 is 0. The van der Waals surface area contributed by atoms with E-state index in [1.165, 1.54) is 0 Å². The Morgan fingerprint density at radius 3 is 2.53 bits per heavy atom.